The van der Waals surface area contributed by atoms with Crippen LogP contribution < -0.4 is 5.73 Å². The van der Waals surface area contributed by atoms with Crippen LogP contribution in [-0.2, 0) is 12.8 Å². The first-order valence-electron chi connectivity index (χ1n) is 7.92. The number of amides is 1. The van der Waals surface area contributed by atoms with Crippen LogP contribution in [0.15, 0.2) is 6.07 Å². The highest BCUT2D eigenvalue weighted by molar-refractivity contribution is 7.14. The zero-order chi connectivity index (χ0) is 13.9. The van der Waals surface area contributed by atoms with E-state index < -0.39 is 0 Å². The lowest BCUT2D eigenvalue weighted by molar-refractivity contribution is 0.0628. The minimum atomic E-state index is 0.221. The van der Waals surface area contributed by atoms with Crippen LogP contribution in [0.4, 0.5) is 0 Å². The van der Waals surface area contributed by atoms with Crippen molar-refractivity contribution >= 4 is 17.2 Å². The van der Waals surface area contributed by atoms with Crippen molar-refractivity contribution in [3.63, 3.8) is 0 Å². The van der Waals surface area contributed by atoms with Gasteiger partial charge in [-0.15, -0.1) is 11.3 Å². The van der Waals surface area contributed by atoms with E-state index >= 15 is 0 Å². The van der Waals surface area contributed by atoms with Crippen LogP contribution in [0.3, 0.4) is 0 Å². The number of thiophene rings is 1. The molecule has 1 unspecified atom stereocenters. The summed E-state index contributed by atoms with van der Waals surface area (Å²) in [6.45, 7) is 1.47. The molecule has 0 saturated carbocycles. The summed E-state index contributed by atoms with van der Waals surface area (Å²) >= 11 is 1.73. The molecule has 0 aromatic carbocycles. The van der Waals surface area contributed by atoms with Crippen molar-refractivity contribution in [1.29, 1.82) is 0 Å². The minimum absolute atomic E-state index is 0.221. The molecule has 1 aliphatic heterocycles. The quantitative estimate of drug-likeness (QED) is 0.852. The fourth-order valence-corrected chi connectivity index (χ4v) is 4.64. The van der Waals surface area contributed by atoms with Crippen LogP contribution in [0.1, 0.15) is 58.6 Å². The Kier molecular flexibility index (Phi) is 4.41. The Morgan fingerprint density at radius 2 is 2.10 bits per heavy atom. The molecule has 2 heterocycles. The van der Waals surface area contributed by atoms with E-state index in [2.05, 4.69) is 6.07 Å². The molecule has 0 bridgehead atoms. The molecular weight excluding hydrogens is 268 g/mol. The first kappa shape index (κ1) is 14.1. The van der Waals surface area contributed by atoms with Crippen molar-refractivity contribution in [2.45, 2.75) is 57.4 Å². The monoisotopic (exact) mass is 292 g/mol. The zero-order valence-electron chi connectivity index (χ0n) is 12.1. The summed E-state index contributed by atoms with van der Waals surface area (Å²) < 4.78 is 0. The van der Waals surface area contributed by atoms with E-state index in [1.807, 2.05) is 4.90 Å². The number of carbonyl (C=O) groups is 1. The maximum absolute atomic E-state index is 12.8. The Morgan fingerprint density at radius 1 is 1.25 bits per heavy atom. The van der Waals surface area contributed by atoms with Gasteiger partial charge in [-0.25, -0.2) is 0 Å². The van der Waals surface area contributed by atoms with Gasteiger partial charge < -0.3 is 10.6 Å². The number of hydrogen-bond donors (Lipinski definition) is 1. The van der Waals surface area contributed by atoms with Gasteiger partial charge in [-0.2, -0.15) is 0 Å². The SMILES string of the molecule is NCC1CCCCN1C(=O)c1cc2c(s1)CCCCC2. The van der Waals surface area contributed by atoms with E-state index in [-0.39, 0.29) is 11.9 Å². The second kappa shape index (κ2) is 6.27. The maximum Gasteiger partial charge on any atom is 0.264 e. The van der Waals surface area contributed by atoms with Gasteiger partial charge in [0.2, 0.25) is 0 Å². The van der Waals surface area contributed by atoms with E-state index in [4.69, 9.17) is 5.73 Å². The Balaban J connectivity index is 1.79. The molecule has 1 amide bonds. The first-order chi connectivity index (χ1) is 9.79. The predicted molar refractivity (Wildman–Crippen MR) is 83.3 cm³/mol. The van der Waals surface area contributed by atoms with E-state index in [0.29, 0.717) is 6.54 Å². The Bertz CT molecular complexity index is 459. The number of carbonyl (C=O) groups excluding carboxylic acids is 1. The summed E-state index contributed by atoms with van der Waals surface area (Å²) in [6.07, 6.45) is 9.56. The Labute approximate surface area is 125 Å². The van der Waals surface area contributed by atoms with Crippen molar-refractivity contribution < 1.29 is 4.79 Å². The van der Waals surface area contributed by atoms with Gasteiger partial charge in [0.05, 0.1) is 4.88 Å². The largest absolute Gasteiger partial charge is 0.334 e. The number of nitrogens with two attached hydrogens (primary N) is 1. The molecule has 2 aliphatic rings. The first-order valence-corrected chi connectivity index (χ1v) is 8.74. The third-order valence-electron chi connectivity index (χ3n) is 4.62. The Morgan fingerprint density at radius 3 is 2.95 bits per heavy atom. The smallest absolute Gasteiger partial charge is 0.264 e. The van der Waals surface area contributed by atoms with Crippen molar-refractivity contribution in [2.75, 3.05) is 13.1 Å². The van der Waals surface area contributed by atoms with Gasteiger partial charge in [0.15, 0.2) is 0 Å². The van der Waals surface area contributed by atoms with Crippen molar-refractivity contribution in [3.8, 4) is 0 Å². The van der Waals surface area contributed by atoms with E-state index in [9.17, 15) is 4.79 Å². The van der Waals surface area contributed by atoms with Crippen LogP contribution in [0.25, 0.3) is 0 Å². The summed E-state index contributed by atoms with van der Waals surface area (Å²) in [5.74, 6) is 0.221. The van der Waals surface area contributed by atoms with Crippen LogP contribution in [-0.4, -0.2) is 29.9 Å². The summed E-state index contributed by atoms with van der Waals surface area (Å²) in [4.78, 5) is 17.2. The molecule has 2 N–H and O–H groups in total. The van der Waals surface area contributed by atoms with E-state index in [1.165, 1.54) is 36.1 Å². The molecule has 1 aromatic heterocycles. The van der Waals surface area contributed by atoms with Crippen LogP contribution in [0.2, 0.25) is 0 Å². The molecule has 1 aliphatic carbocycles. The van der Waals surface area contributed by atoms with Gasteiger partial charge in [-0.1, -0.05) is 6.42 Å². The third kappa shape index (κ3) is 2.77. The zero-order valence-corrected chi connectivity index (χ0v) is 12.9. The topological polar surface area (TPSA) is 46.3 Å². The molecule has 3 rings (SSSR count). The third-order valence-corrected chi connectivity index (χ3v) is 5.84. The van der Waals surface area contributed by atoms with Crippen molar-refractivity contribution in [3.05, 3.63) is 21.4 Å². The highest BCUT2D eigenvalue weighted by atomic mass is 32.1. The lowest BCUT2D eigenvalue weighted by Gasteiger charge is -2.34. The van der Waals surface area contributed by atoms with Gasteiger partial charge in [-0.05, 0) is 56.6 Å². The maximum atomic E-state index is 12.8. The molecule has 20 heavy (non-hydrogen) atoms. The molecule has 0 radical (unpaired) electrons. The summed E-state index contributed by atoms with van der Waals surface area (Å²) in [5.41, 5.74) is 7.27. The van der Waals surface area contributed by atoms with Gasteiger partial charge in [0.1, 0.15) is 0 Å². The van der Waals surface area contributed by atoms with Crippen LogP contribution in [0.5, 0.6) is 0 Å². The van der Waals surface area contributed by atoms with Crippen molar-refractivity contribution in [1.82, 2.24) is 4.90 Å². The number of aryl methyl sites for hydroxylation is 2. The summed E-state index contributed by atoms with van der Waals surface area (Å²) in [6, 6.07) is 2.41. The Hall–Kier alpha value is -0.870. The average Bonchev–Trinajstić information content (AvgIpc) is 2.77. The molecule has 3 nitrogen and oxygen atoms in total. The normalized spacial score (nSPS) is 23.2. The predicted octanol–water partition coefficient (Wildman–Crippen LogP) is 2.97. The fraction of sp³-hybridized carbons (Fsp3) is 0.688. The van der Waals surface area contributed by atoms with Gasteiger partial charge in [0, 0.05) is 24.0 Å². The summed E-state index contributed by atoms with van der Waals surface area (Å²) in [7, 11) is 0. The molecule has 110 valence electrons. The molecule has 0 spiro atoms. The van der Waals surface area contributed by atoms with Gasteiger partial charge >= 0.3 is 0 Å². The highest BCUT2D eigenvalue weighted by Crippen LogP contribution is 2.30. The fourth-order valence-electron chi connectivity index (χ4n) is 3.43. The molecule has 1 aromatic rings. The van der Waals surface area contributed by atoms with Gasteiger partial charge in [-0.3, -0.25) is 4.79 Å². The van der Waals surface area contributed by atoms with E-state index in [0.717, 1.165) is 37.1 Å². The van der Waals surface area contributed by atoms with Crippen LogP contribution >= 0.6 is 11.3 Å². The average molecular weight is 292 g/mol. The number of fused-ring (bicyclic) bond motifs is 1. The summed E-state index contributed by atoms with van der Waals surface area (Å²) in [5, 5.41) is 0. The number of hydrogen-bond acceptors (Lipinski definition) is 3. The standard InChI is InChI=1S/C16H24N2OS/c17-11-13-7-4-5-9-18(13)16(19)15-10-12-6-2-1-3-8-14(12)20-15/h10,13H,1-9,11,17H2. The molecular formula is C16H24N2OS. The van der Waals surface area contributed by atoms with E-state index in [1.54, 1.807) is 11.3 Å². The molecule has 1 saturated heterocycles. The lowest BCUT2D eigenvalue weighted by atomic mass is 10.0. The number of rotatable bonds is 2. The molecule has 1 fully saturated rings. The number of likely N-dealkylation sites (tertiary alicyclic amines) is 1. The molecule has 1 atom stereocenters. The second-order valence-electron chi connectivity index (χ2n) is 6.00. The second-order valence-corrected chi connectivity index (χ2v) is 7.14. The highest BCUT2D eigenvalue weighted by Gasteiger charge is 2.28. The van der Waals surface area contributed by atoms with Crippen LogP contribution in [0, 0.1) is 0 Å². The minimum Gasteiger partial charge on any atom is -0.334 e. The van der Waals surface area contributed by atoms with Gasteiger partial charge in [0.25, 0.3) is 5.91 Å². The lowest BCUT2D eigenvalue weighted by Crippen LogP contribution is -2.47. The molecule has 4 heteroatoms. The number of nitrogens with zero attached hydrogens (tertiary/aromatic N) is 1. The number of piperidine rings is 1. The van der Waals surface area contributed by atoms with Crippen molar-refractivity contribution in [2.24, 2.45) is 5.73 Å².